The number of hydrogen-bond acceptors (Lipinski definition) is 4. The molecule has 0 atom stereocenters. The van der Waals surface area contributed by atoms with Gasteiger partial charge < -0.3 is 24.6 Å². The van der Waals surface area contributed by atoms with E-state index in [1.165, 1.54) is 0 Å². The van der Waals surface area contributed by atoms with Gasteiger partial charge in [-0.25, -0.2) is 0 Å². The zero-order valence-electron chi connectivity index (χ0n) is 3.13. The van der Waals surface area contributed by atoms with Gasteiger partial charge in [0.05, 0.1) is 0 Å². The van der Waals surface area contributed by atoms with Crippen LogP contribution in [-0.4, -0.2) is 0 Å². The van der Waals surface area contributed by atoms with Crippen LogP contribution >= 0.6 is 0 Å². The molecule has 0 aromatic rings. The molecule has 0 amide bonds. The van der Waals surface area contributed by atoms with Crippen molar-refractivity contribution in [2.75, 3.05) is 0 Å². The van der Waals surface area contributed by atoms with Gasteiger partial charge in [-0.1, -0.05) is 0 Å². The Labute approximate surface area is 47.5 Å². The van der Waals surface area contributed by atoms with Gasteiger partial charge in [0.2, 0.25) is 0 Å². The Morgan fingerprint density at radius 1 is 0.400 bits per heavy atom. The Balaban J connectivity index is 0. The van der Waals surface area contributed by atoms with Gasteiger partial charge in [-0.3, -0.25) is 0 Å². The topological polar surface area (TPSA) is 140 Å². The largest absolute Gasteiger partial charge is 3.00 e. The van der Waals surface area contributed by atoms with Crippen molar-refractivity contribution in [3.05, 3.63) is 0 Å². The van der Waals surface area contributed by atoms with Crippen molar-refractivity contribution in [3.8, 4) is 0 Å². The smallest absolute Gasteiger partial charge is 0.344 e. The van der Waals surface area contributed by atoms with Crippen LogP contribution in [0.1, 0.15) is 0 Å². The van der Waals surface area contributed by atoms with E-state index in [0.717, 1.165) is 0 Å². The van der Waals surface area contributed by atoms with Crippen molar-refractivity contribution < 1.29 is 22.4 Å². The molecular weight excluding hydrogens is 253 g/mol. The predicted molar refractivity (Wildman–Crippen MR) is 20.1 cm³/mol. The van der Waals surface area contributed by atoms with Gasteiger partial charge in [-0.15, -0.1) is 0 Å². The summed E-state index contributed by atoms with van der Waals surface area (Å²) < 4.78 is 0. The summed E-state index contributed by atoms with van der Waals surface area (Å²) in [7, 11) is 0. The van der Waals surface area contributed by atoms with E-state index in [1.54, 1.807) is 0 Å². The Morgan fingerprint density at radius 3 is 0.400 bits per heavy atom. The summed E-state index contributed by atoms with van der Waals surface area (Å²) in [6.07, 6.45) is 0. The van der Waals surface area contributed by atoms with Crippen molar-refractivity contribution in [2.24, 2.45) is 0 Å². The molecule has 0 aromatic heterocycles. The van der Waals surface area contributed by atoms with Crippen LogP contribution in [0.15, 0.2) is 0 Å². The fourth-order valence-electron chi connectivity index (χ4n) is 0. The third-order valence-electron chi connectivity index (χ3n) is 0. The zero-order chi connectivity index (χ0) is 0. The van der Waals surface area contributed by atoms with Gasteiger partial charge in [0.25, 0.3) is 0 Å². The maximum atomic E-state index is 0. The van der Waals surface area contributed by atoms with E-state index in [2.05, 4.69) is 0 Å². The summed E-state index contributed by atoms with van der Waals surface area (Å²) >= 11 is 0. The maximum Gasteiger partial charge on any atom is 3.00 e. The van der Waals surface area contributed by atoms with Crippen LogP contribution in [0.3, 0.4) is 0 Å². The molecule has 0 saturated heterocycles. The van der Waals surface area contributed by atoms with E-state index in [9.17, 15) is 0 Å². The first-order valence-electron chi connectivity index (χ1n) is 0. The molecule has 0 aliphatic rings. The fraction of sp³-hybridized carbons (Fsp3) is 0. The Hall–Kier alpha value is 0.580. The van der Waals surface area contributed by atoms with E-state index < -0.39 is 0 Å². The Kier molecular flexibility index (Phi) is 12100. The molecule has 0 heterocycles. The summed E-state index contributed by atoms with van der Waals surface area (Å²) in [6, 6.07) is 0. The van der Waals surface area contributed by atoms with Crippen LogP contribution < -0.4 is 24.6 Å². The molecule has 0 aliphatic heterocycles. The minimum atomic E-state index is 0. The van der Waals surface area contributed by atoms with E-state index in [0.29, 0.717) is 0 Å². The molecule has 0 fully saturated rings. The van der Waals surface area contributed by atoms with Crippen LogP contribution in [-0.2, 0) is 22.4 Å². The van der Waals surface area contributed by atoms with Gasteiger partial charge in [-0.05, 0) is 0 Å². The molecule has 5 heteroatoms. The fourth-order valence-corrected chi connectivity index (χ4v) is 0. The average molecular weight is 265 g/mol. The molecule has 0 aromatic carbocycles. The van der Waals surface area contributed by atoms with Crippen LogP contribution in [0.25, 0.3) is 0 Å². The summed E-state index contributed by atoms with van der Waals surface area (Å²) in [5, 5.41) is 0. The van der Waals surface area contributed by atoms with Crippen molar-refractivity contribution in [1.82, 2.24) is 24.6 Å². The van der Waals surface area contributed by atoms with Crippen LogP contribution in [0.4, 0.5) is 0 Å². The van der Waals surface area contributed by atoms with Crippen molar-refractivity contribution >= 4 is 0 Å². The number of rotatable bonds is 0. The van der Waals surface area contributed by atoms with Crippen molar-refractivity contribution in [2.45, 2.75) is 0 Å². The Bertz CT molecular complexity index is 3.61. The maximum absolute atomic E-state index is 0. The molecule has 0 bridgehead atoms. The summed E-state index contributed by atoms with van der Waals surface area (Å²) in [5.74, 6) is 0. The SMILES string of the molecule is N.N.N.N.[Au+3]. The predicted octanol–water partition coefficient (Wildman–Crippen LogP) is 0.645. The standard InChI is InChI=1S/Au.4H3N/h;4*1H3/q+3;;;;. The van der Waals surface area contributed by atoms with Crippen LogP contribution in [0.2, 0.25) is 0 Å². The van der Waals surface area contributed by atoms with Crippen molar-refractivity contribution in [1.29, 1.82) is 0 Å². The zero-order valence-corrected chi connectivity index (χ0v) is 5.30. The van der Waals surface area contributed by atoms with E-state index in [1.807, 2.05) is 0 Å². The quantitative estimate of drug-likeness (QED) is 0.477. The molecule has 12 N–H and O–H groups in total. The monoisotopic (exact) mass is 265 g/mol. The summed E-state index contributed by atoms with van der Waals surface area (Å²) in [6.45, 7) is 0. The second-order valence-electron chi connectivity index (χ2n) is 0. The average Bonchev–Trinajstić information content (AvgIpc) is 0. The van der Waals surface area contributed by atoms with E-state index >= 15 is 0 Å². The first-order chi connectivity index (χ1) is 0. The van der Waals surface area contributed by atoms with Gasteiger partial charge >= 0.3 is 22.4 Å². The molecule has 0 saturated carbocycles. The molecule has 4 nitrogen and oxygen atoms in total. The molecule has 40 valence electrons. The number of hydrogen-bond donors (Lipinski definition) is 4. The van der Waals surface area contributed by atoms with Crippen LogP contribution in [0, 0.1) is 0 Å². The molecule has 0 radical (unpaired) electrons. The molecule has 0 aliphatic carbocycles. The van der Waals surface area contributed by atoms with Gasteiger partial charge in [-0.2, -0.15) is 0 Å². The molecule has 0 unspecified atom stereocenters. The molecular formula is H12AuN4+3. The summed E-state index contributed by atoms with van der Waals surface area (Å²) in [4.78, 5) is 0. The Morgan fingerprint density at radius 2 is 0.400 bits per heavy atom. The van der Waals surface area contributed by atoms with Crippen LogP contribution in [0.5, 0.6) is 0 Å². The van der Waals surface area contributed by atoms with E-state index in [-0.39, 0.29) is 47.0 Å². The second kappa shape index (κ2) is 174. The summed E-state index contributed by atoms with van der Waals surface area (Å²) in [5.41, 5.74) is 0. The van der Waals surface area contributed by atoms with E-state index in [4.69, 9.17) is 0 Å². The van der Waals surface area contributed by atoms with Crippen molar-refractivity contribution in [3.63, 3.8) is 0 Å². The van der Waals surface area contributed by atoms with Gasteiger partial charge in [0.1, 0.15) is 0 Å². The normalized spacial score (nSPS) is 0. The van der Waals surface area contributed by atoms with Gasteiger partial charge in [0, 0.05) is 0 Å². The first kappa shape index (κ1) is 348. The minimum Gasteiger partial charge on any atom is -0.344 e. The molecule has 5 heavy (non-hydrogen) atoms. The minimum absolute atomic E-state index is 0. The second-order valence-corrected chi connectivity index (χ2v) is 0. The molecule has 0 spiro atoms. The first-order valence-corrected chi connectivity index (χ1v) is 0. The third-order valence-corrected chi connectivity index (χ3v) is 0. The molecule has 0 rings (SSSR count). The third kappa shape index (κ3) is 90.6. The van der Waals surface area contributed by atoms with Gasteiger partial charge in [0.15, 0.2) is 0 Å².